The smallest absolute Gasteiger partial charge is 0.0179 e. The van der Waals surface area contributed by atoms with Gasteiger partial charge in [0.15, 0.2) is 0 Å². The molecule has 0 saturated heterocycles. The van der Waals surface area contributed by atoms with Crippen LogP contribution in [0, 0.1) is 5.92 Å². The van der Waals surface area contributed by atoms with Gasteiger partial charge in [-0.05, 0) is 18.8 Å². The summed E-state index contributed by atoms with van der Waals surface area (Å²) in [5.74, 6) is 2.23. The molecule has 0 nitrogen and oxygen atoms in total. The molecule has 0 aromatic rings. The summed E-state index contributed by atoms with van der Waals surface area (Å²) in [6.07, 6.45) is 4.11. The zero-order valence-electron chi connectivity index (χ0n) is 9.72. The molecule has 0 aliphatic heterocycles. The van der Waals surface area contributed by atoms with E-state index in [9.17, 15) is 0 Å². The summed E-state index contributed by atoms with van der Waals surface area (Å²) in [7, 11) is 4.04. The maximum atomic E-state index is 2.35. The van der Waals surface area contributed by atoms with Gasteiger partial charge >= 0.3 is 0 Å². The normalized spacial score (nSPS) is 14.5. The lowest BCUT2D eigenvalue weighted by molar-refractivity contribution is 0.511. The van der Waals surface area contributed by atoms with Gasteiger partial charge in [-0.3, -0.25) is 0 Å². The Morgan fingerprint density at radius 2 is 1.85 bits per heavy atom. The summed E-state index contributed by atoms with van der Waals surface area (Å²) < 4.78 is 0.418. The van der Waals surface area contributed by atoms with Gasteiger partial charge in [0.2, 0.25) is 0 Å². The molecule has 0 bridgehead atoms. The molecule has 0 aromatic heterocycles. The zero-order valence-corrected chi connectivity index (χ0v) is 11.4. The maximum absolute atomic E-state index is 2.35. The molecule has 1 unspecified atom stereocenters. The van der Waals surface area contributed by atoms with Crippen LogP contribution in [0.15, 0.2) is 0 Å². The van der Waals surface area contributed by atoms with E-state index in [1.54, 1.807) is 0 Å². The van der Waals surface area contributed by atoms with Crippen LogP contribution in [-0.4, -0.2) is 10.5 Å². The van der Waals surface area contributed by atoms with Gasteiger partial charge in [-0.1, -0.05) is 62.6 Å². The van der Waals surface area contributed by atoms with Crippen molar-refractivity contribution < 1.29 is 0 Å². The predicted octanol–water partition coefficient (Wildman–Crippen LogP) is 4.99. The lowest BCUT2D eigenvalue weighted by Gasteiger charge is -2.16. The molecule has 0 radical (unpaired) electrons. The van der Waals surface area contributed by atoms with Crippen molar-refractivity contribution in [3.05, 3.63) is 0 Å². The summed E-state index contributed by atoms with van der Waals surface area (Å²) in [5, 5.41) is 0. The highest BCUT2D eigenvalue weighted by atomic mass is 33.1. The van der Waals surface area contributed by atoms with Crippen molar-refractivity contribution in [2.75, 3.05) is 5.75 Å². The minimum Gasteiger partial charge on any atom is -0.0936 e. The van der Waals surface area contributed by atoms with E-state index < -0.39 is 0 Å². The van der Waals surface area contributed by atoms with Gasteiger partial charge in [0.1, 0.15) is 0 Å². The second kappa shape index (κ2) is 7.05. The SMILES string of the molecule is CCC(C)CCCSSC(C)(C)C. The summed E-state index contributed by atoms with van der Waals surface area (Å²) in [6, 6.07) is 0. The Morgan fingerprint density at radius 1 is 1.23 bits per heavy atom. The summed E-state index contributed by atoms with van der Waals surface area (Å²) in [4.78, 5) is 0. The third-order valence-electron chi connectivity index (χ3n) is 1.93. The Kier molecular flexibility index (Phi) is 7.43. The van der Waals surface area contributed by atoms with Crippen molar-refractivity contribution in [2.24, 2.45) is 5.92 Å². The summed E-state index contributed by atoms with van der Waals surface area (Å²) in [5.41, 5.74) is 0. The molecule has 0 aliphatic rings. The molecule has 13 heavy (non-hydrogen) atoms. The molecule has 0 heterocycles. The van der Waals surface area contributed by atoms with Crippen molar-refractivity contribution in [1.29, 1.82) is 0 Å². The highest BCUT2D eigenvalue weighted by molar-refractivity contribution is 8.77. The average Bonchev–Trinajstić information content (AvgIpc) is 2.01. The number of rotatable bonds is 6. The first kappa shape index (κ1) is 13.7. The van der Waals surface area contributed by atoms with Crippen molar-refractivity contribution in [1.82, 2.24) is 0 Å². The van der Waals surface area contributed by atoms with Crippen LogP contribution in [0.1, 0.15) is 53.9 Å². The van der Waals surface area contributed by atoms with E-state index in [-0.39, 0.29) is 0 Å². The quantitative estimate of drug-likeness (QED) is 0.457. The van der Waals surface area contributed by atoms with Gasteiger partial charge in [0.25, 0.3) is 0 Å². The van der Waals surface area contributed by atoms with E-state index in [2.05, 4.69) is 34.6 Å². The van der Waals surface area contributed by atoms with Crippen LogP contribution >= 0.6 is 21.6 Å². The van der Waals surface area contributed by atoms with Crippen LogP contribution in [0.5, 0.6) is 0 Å². The highest BCUT2D eigenvalue weighted by Crippen LogP contribution is 2.35. The lowest BCUT2D eigenvalue weighted by Crippen LogP contribution is -2.04. The van der Waals surface area contributed by atoms with Crippen LogP contribution < -0.4 is 0 Å². The second-order valence-corrected chi connectivity index (χ2v) is 7.92. The van der Waals surface area contributed by atoms with Crippen molar-refractivity contribution in [2.45, 2.75) is 58.6 Å². The Labute approximate surface area is 92.0 Å². The van der Waals surface area contributed by atoms with Gasteiger partial charge in [-0.2, -0.15) is 0 Å². The molecule has 0 saturated carbocycles. The zero-order chi connectivity index (χ0) is 10.3. The molecule has 0 spiro atoms. The Balaban J connectivity index is 3.18. The van der Waals surface area contributed by atoms with E-state index in [0.717, 1.165) is 5.92 Å². The van der Waals surface area contributed by atoms with Crippen LogP contribution in [0.25, 0.3) is 0 Å². The van der Waals surface area contributed by atoms with Gasteiger partial charge < -0.3 is 0 Å². The first-order valence-electron chi connectivity index (χ1n) is 5.26. The fraction of sp³-hybridized carbons (Fsp3) is 1.00. The van der Waals surface area contributed by atoms with Crippen molar-refractivity contribution in [3.63, 3.8) is 0 Å². The largest absolute Gasteiger partial charge is 0.0936 e. The molecular formula is C11H24S2. The molecule has 80 valence electrons. The third-order valence-corrected chi connectivity index (χ3v) is 5.36. The molecule has 0 fully saturated rings. The lowest BCUT2D eigenvalue weighted by atomic mass is 10.0. The Morgan fingerprint density at radius 3 is 2.31 bits per heavy atom. The van der Waals surface area contributed by atoms with Crippen LogP contribution in [0.2, 0.25) is 0 Å². The maximum Gasteiger partial charge on any atom is 0.0179 e. The van der Waals surface area contributed by atoms with E-state index >= 15 is 0 Å². The number of hydrogen-bond acceptors (Lipinski definition) is 2. The van der Waals surface area contributed by atoms with Crippen LogP contribution in [0.3, 0.4) is 0 Å². The topological polar surface area (TPSA) is 0 Å². The van der Waals surface area contributed by atoms with Crippen molar-refractivity contribution >= 4 is 21.6 Å². The minimum absolute atomic E-state index is 0.418. The first-order chi connectivity index (χ1) is 5.95. The molecule has 0 amide bonds. The van der Waals surface area contributed by atoms with Crippen molar-refractivity contribution in [3.8, 4) is 0 Å². The minimum atomic E-state index is 0.418. The Bertz CT molecular complexity index is 116. The van der Waals surface area contributed by atoms with E-state index in [4.69, 9.17) is 0 Å². The summed E-state index contributed by atoms with van der Waals surface area (Å²) in [6.45, 7) is 11.5. The number of hydrogen-bond donors (Lipinski definition) is 0. The monoisotopic (exact) mass is 220 g/mol. The van der Waals surface area contributed by atoms with Crippen LogP contribution in [-0.2, 0) is 0 Å². The van der Waals surface area contributed by atoms with E-state index in [0.29, 0.717) is 4.75 Å². The second-order valence-electron chi connectivity index (χ2n) is 4.67. The van der Waals surface area contributed by atoms with Crippen LogP contribution in [0.4, 0.5) is 0 Å². The molecule has 0 aliphatic carbocycles. The standard InChI is InChI=1S/C11H24S2/c1-6-10(2)8-7-9-12-13-11(3,4)5/h10H,6-9H2,1-5H3. The Hall–Kier alpha value is 0.700. The van der Waals surface area contributed by atoms with E-state index in [1.807, 2.05) is 21.6 Å². The molecule has 2 heteroatoms. The van der Waals surface area contributed by atoms with Gasteiger partial charge in [0, 0.05) is 10.5 Å². The van der Waals surface area contributed by atoms with Gasteiger partial charge in [-0.15, -0.1) is 0 Å². The predicted molar refractivity (Wildman–Crippen MR) is 68.5 cm³/mol. The average molecular weight is 220 g/mol. The van der Waals surface area contributed by atoms with E-state index in [1.165, 1.54) is 25.0 Å². The molecular weight excluding hydrogens is 196 g/mol. The third kappa shape index (κ3) is 10.6. The highest BCUT2D eigenvalue weighted by Gasteiger charge is 2.10. The molecule has 0 N–H and O–H groups in total. The molecule has 0 aromatic carbocycles. The fourth-order valence-electron chi connectivity index (χ4n) is 0.913. The first-order valence-corrected chi connectivity index (χ1v) is 7.58. The fourth-order valence-corrected chi connectivity index (χ4v) is 3.30. The van der Waals surface area contributed by atoms with Gasteiger partial charge in [0.05, 0.1) is 0 Å². The summed E-state index contributed by atoms with van der Waals surface area (Å²) >= 11 is 0. The molecule has 1 atom stereocenters. The van der Waals surface area contributed by atoms with Gasteiger partial charge in [-0.25, -0.2) is 0 Å². The molecule has 0 rings (SSSR count).